The number of nitrogens with one attached hydrogen (secondary N) is 1. The van der Waals surface area contributed by atoms with Gasteiger partial charge in [-0.25, -0.2) is 4.98 Å². The quantitative estimate of drug-likeness (QED) is 0.903. The third-order valence-corrected chi connectivity index (χ3v) is 3.12. The number of hydrogen-bond acceptors (Lipinski definition) is 3. The molecular formula is C13H21ClN2O. The monoisotopic (exact) mass is 256 g/mol. The van der Waals surface area contributed by atoms with Crippen LogP contribution in [0.5, 0.6) is 5.88 Å². The molecule has 0 aliphatic carbocycles. The van der Waals surface area contributed by atoms with Crippen LogP contribution in [0.1, 0.15) is 44.4 Å². The van der Waals surface area contributed by atoms with E-state index in [4.69, 9.17) is 4.74 Å². The number of rotatable bonds is 3. The zero-order chi connectivity index (χ0) is 11.5. The van der Waals surface area contributed by atoms with E-state index in [1.165, 1.54) is 11.3 Å². The molecule has 1 N–H and O–H groups in total. The van der Waals surface area contributed by atoms with Gasteiger partial charge in [0.2, 0.25) is 5.88 Å². The molecule has 0 spiro atoms. The molecule has 1 aliphatic heterocycles. The van der Waals surface area contributed by atoms with Crippen LogP contribution in [0.2, 0.25) is 0 Å². The van der Waals surface area contributed by atoms with Gasteiger partial charge >= 0.3 is 0 Å². The maximum atomic E-state index is 5.75. The molecule has 3 nitrogen and oxygen atoms in total. The van der Waals surface area contributed by atoms with Crippen LogP contribution >= 0.6 is 12.4 Å². The molecule has 0 radical (unpaired) electrons. The van der Waals surface area contributed by atoms with Gasteiger partial charge in [0.1, 0.15) is 0 Å². The molecule has 96 valence electrons. The summed E-state index contributed by atoms with van der Waals surface area (Å²) in [7, 11) is 0. The van der Waals surface area contributed by atoms with Crippen LogP contribution in [0.4, 0.5) is 0 Å². The lowest BCUT2D eigenvalue weighted by Gasteiger charge is -2.23. The predicted molar refractivity (Wildman–Crippen MR) is 72.0 cm³/mol. The number of aromatic nitrogens is 1. The first-order valence-electron chi connectivity index (χ1n) is 6.08. The van der Waals surface area contributed by atoms with Crippen molar-refractivity contribution >= 4 is 12.4 Å². The summed E-state index contributed by atoms with van der Waals surface area (Å²) in [6, 6.07) is 4.10. The minimum absolute atomic E-state index is 0. The average Bonchev–Trinajstić information content (AvgIpc) is 2.30. The molecule has 17 heavy (non-hydrogen) atoms. The van der Waals surface area contributed by atoms with Crippen molar-refractivity contribution in [2.75, 3.05) is 6.54 Å². The molecule has 1 aromatic heterocycles. The second kappa shape index (κ2) is 6.22. The summed E-state index contributed by atoms with van der Waals surface area (Å²) in [5.74, 6) is 1.24. The van der Waals surface area contributed by atoms with E-state index in [-0.39, 0.29) is 18.5 Å². The fourth-order valence-corrected chi connectivity index (χ4v) is 1.94. The molecule has 2 rings (SSSR count). The van der Waals surface area contributed by atoms with Gasteiger partial charge in [-0.15, -0.1) is 12.4 Å². The summed E-state index contributed by atoms with van der Waals surface area (Å²) in [6.45, 7) is 8.33. The maximum Gasteiger partial charge on any atom is 0.213 e. The Morgan fingerprint density at radius 1 is 1.53 bits per heavy atom. The zero-order valence-electron chi connectivity index (χ0n) is 10.7. The Labute approximate surface area is 109 Å². The number of hydrogen-bond donors (Lipinski definition) is 1. The van der Waals surface area contributed by atoms with E-state index < -0.39 is 0 Å². The largest absolute Gasteiger partial charge is 0.475 e. The smallest absolute Gasteiger partial charge is 0.213 e. The molecule has 0 bridgehead atoms. The van der Waals surface area contributed by atoms with Gasteiger partial charge in [0.25, 0.3) is 0 Å². The second-order valence-electron chi connectivity index (χ2n) is 4.56. The van der Waals surface area contributed by atoms with Crippen LogP contribution in [0.25, 0.3) is 0 Å². The highest BCUT2D eigenvalue weighted by atomic mass is 35.5. The highest BCUT2D eigenvalue weighted by Crippen LogP contribution is 2.24. The topological polar surface area (TPSA) is 34.1 Å². The standard InChI is InChI=1S/C13H20N2O.ClH/c1-4-10(3)16-12-6-5-11-8-14-7-9(2)13(11)15-12;/h5-6,9-10,14H,4,7-8H2,1-3H3;1H/t9?,10-;/m1./s1. The van der Waals surface area contributed by atoms with Gasteiger partial charge in [0.15, 0.2) is 0 Å². The van der Waals surface area contributed by atoms with Gasteiger partial charge in [0, 0.05) is 25.1 Å². The number of pyridine rings is 1. The predicted octanol–water partition coefficient (Wildman–Crippen LogP) is 2.89. The van der Waals surface area contributed by atoms with Crippen LogP contribution in [0.15, 0.2) is 12.1 Å². The molecule has 4 heteroatoms. The average molecular weight is 257 g/mol. The third-order valence-electron chi connectivity index (χ3n) is 3.12. The molecule has 2 atom stereocenters. The summed E-state index contributed by atoms with van der Waals surface area (Å²) in [4.78, 5) is 4.62. The van der Waals surface area contributed by atoms with Crippen molar-refractivity contribution in [2.45, 2.75) is 45.8 Å². The lowest BCUT2D eigenvalue weighted by molar-refractivity contribution is 0.207. The van der Waals surface area contributed by atoms with Gasteiger partial charge in [0.05, 0.1) is 11.8 Å². The summed E-state index contributed by atoms with van der Waals surface area (Å²) in [5, 5.41) is 3.38. The highest BCUT2D eigenvalue weighted by molar-refractivity contribution is 5.85. The Morgan fingerprint density at radius 2 is 2.29 bits per heavy atom. The Bertz CT molecular complexity index is 370. The van der Waals surface area contributed by atoms with E-state index >= 15 is 0 Å². The molecule has 1 aliphatic rings. The maximum absolute atomic E-state index is 5.75. The molecule has 0 aromatic carbocycles. The number of nitrogens with zero attached hydrogens (tertiary/aromatic N) is 1. The van der Waals surface area contributed by atoms with Gasteiger partial charge in [-0.3, -0.25) is 0 Å². The number of fused-ring (bicyclic) bond motifs is 1. The van der Waals surface area contributed by atoms with Gasteiger partial charge < -0.3 is 10.1 Å². The van der Waals surface area contributed by atoms with E-state index in [9.17, 15) is 0 Å². The van der Waals surface area contributed by atoms with Crippen molar-refractivity contribution < 1.29 is 4.74 Å². The first-order chi connectivity index (χ1) is 7.70. The third kappa shape index (κ3) is 3.33. The summed E-state index contributed by atoms with van der Waals surface area (Å²) >= 11 is 0. The Morgan fingerprint density at radius 3 is 3.00 bits per heavy atom. The van der Waals surface area contributed by atoms with Gasteiger partial charge in [-0.2, -0.15) is 0 Å². The van der Waals surface area contributed by atoms with Gasteiger partial charge in [-0.05, 0) is 18.9 Å². The second-order valence-corrected chi connectivity index (χ2v) is 4.56. The van der Waals surface area contributed by atoms with Crippen LogP contribution in [-0.2, 0) is 6.54 Å². The Hall–Kier alpha value is -0.800. The number of halogens is 1. The summed E-state index contributed by atoms with van der Waals surface area (Å²) in [5.41, 5.74) is 2.50. The molecule has 0 saturated carbocycles. The first kappa shape index (κ1) is 14.3. The Kier molecular flexibility index (Phi) is 5.22. The molecule has 0 saturated heterocycles. The lowest BCUT2D eigenvalue weighted by Crippen LogP contribution is -2.27. The van der Waals surface area contributed by atoms with Crippen LogP contribution < -0.4 is 10.1 Å². The normalized spacial score (nSPS) is 20.1. The van der Waals surface area contributed by atoms with Crippen LogP contribution in [0, 0.1) is 0 Å². The van der Waals surface area contributed by atoms with Crippen LogP contribution in [-0.4, -0.2) is 17.6 Å². The Balaban J connectivity index is 0.00000144. The van der Waals surface area contributed by atoms with E-state index in [0.29, 0.717) is 5.92 Å². The van der Waals surface area contributed by atoms with Crippen molar-refractivity contribution in [2.24, 2.45) is 0 Å². The van der Waals surface area contributed by atoms with Crippen molar-refractivity contribution in [1.29, 1.82) is 0 Å². The molecule has 2 heterocycles. The lowest BCUT2D eigenvalue weighted by atomic mass is 9.98. The van der Waals surface area contributed by atoms with E-state index in [2.05, 4.69) is 37.1 Å². The molecule has 0 amide bonds. The molecule has 1 unspecified atom stereocenters. The summed E-state index contributed by atoms with van der Waals surface area (Å²) in [6.07, 6.45) is 1.25. The SMILES string of the molecule is CC[C@@H](C)Oc1ccc2c(n1)C(C)CNC2.Cl. The minimum atomic E-state index is 0. The zero-order valence-corrected chi connectivity index (χ0v) is 11.5. The van der Waals surface area contributed by atoms with Crippen molar-refractivity contribution in [3.63, 3.8) is 0 Å². The van der Waals surface area contributed by atoms with Crippen molar-refractivity contribution in [3.8, 4) is 5.88 Å². The van der Waals surface area contributed by atoms with E-state index in [1.54, 1.807) is 0 Å². The van der Waals surface area contributed by atoms with Gasteiger partial charge in [-0.1, -0.05) is 19.9 Å². The summed E-state index contributed by atoms with van der Waals surface area (Å²) < 4.78 is 5.75. The highest BCUT2D eigenvalue weighted by Gasteiger charge is 2.18. The molecule has 1 aromatic rings. The van der Waals surface area contributed by atoms with E-state index in [0.717, 1.165) is 25.4 Å². The van der Waals surface area contributed by atoms with Crippen molar-refractivity contribution in [3.05, 3.63) is 23.4 Å². The fourth-order valence-electron chi connectivity index (χ4n) is 1.94. The fraction of sp³-hybridized carbons (Fsp3) is 0.615. The molecular weight excluding hydrogens is 236 g/mol. The van der Waals surface area contributed by atoms with Crippen LogP contribution in [0.3, 0.4) is 0 Å². The van der Waals surface area contributed by atoms with Crippen molar-refractivity contribution in [1.82, 2.24) is 10.3 Å². The minimum Gasteiger partial charge on any atom is -0.475 e. The van der Waals surface area contributed by atoms with E-state index in [1.807, 2.05) is 6.07 Å². The molecule has 0 fully saturated rings. The number of ether oxygens (including phenoxy) is 1. The first-order valence-corrected chi connectivity index (χ1v) is 6.08.